The molecule has 0 amide bonds. The molecule has 1 aliphatic carbocycles. The Hall–Kier alpha value is -0.900. The highest BCUT2D eigenvalue weighted by atomic mass is 15.3. The van der Waals surface area contributed by atoms with Crippen LogP contribution in [0.25, 0.3) is 0 Å². The standard InChI is InChI=1S/C18H29N3/c1-14(2)13-20-8-10-21(11-9-20)17-12-15-6-4-5-7-16(15)18(17)19-3/h4-7,14,17-19H,8-13H2,1-3H3. The van der Waals surface area contributed by atoms with Gasteiger partial charge in [0, 0.05) is 44.8 Å². The summed E-state index contributed by atoms with van der Waals surface area (Å²) >= 11 is 0. The third-order valence-electron chi connectivity index (χ3n) is 5.01. The third-order valence-corrected chi connectivity index (χ3v) is 5.01. The first-order valence-corrected chi connectivity index (χ1v) is 8.40. The quantitative estimate of drug-likeness (QED) is 0.915. The van der Waals surface area contributed by atoms with Crippen LogP contribution < -0.4 is 5.32 Å². The van der Waals surface area contributed by atoms with Crippen LogP contribution in [0.15, 0.2) is 24.3 Å². The first kappa shape index (κ1) is 15.0. The van der Waals surface area contributed by atoms with Crippen LogP contribution in [0.3, 0.4) is 0 Å². The molecule has 2 aliphatic rings. The molecule has 0 aromatic heterocycles. The molecule has 21 heavy (non-hydrogen) atoms. The molecule has 1 saturated heterocycles. The van der Waals surface area contributed by atoms with E-state index in [4.69, 9.17) is 0 Å². The van der Waals surface area contributed by atoms with Gasteiger partial charge in [-0.05, 0) is 30.5 Å². The van der Waals surface area contributed by atoms with Gasteiger partial charge in [-0.25, -0.2) is 0 Å². The van der Waals surface area contributed by atoms with Crippen molar-refractivity contribution in [2.45, 2.75) is 32.4 Å². The minimum absolute atomic E-state index is 0.498. The van der Waals surface area contributed by atoms with E-state index >= 15 is 0 Å². The summed E-state index contributed by atoms with van der Waals surface area (Å²) in [6.45, 7) is 10.7. The molecule has 0 radical (unpaired) electrons. The predicted octanol–water partition coefficient (Wildman–Crippen LogP) is 2.15. The number of fused-ring (bicyclic) bond motifs is 1. The van der Waals surface area contributed by atoms with Crippen molar-refractivity contribution in [3.05, 3.63) is 35.4 Å². The molecular weight excluding hydrogens is 258 g/mol. The van der Waals surface area contributed by atoms with E-state index in [1.807, 2.05) is 0 Å². The van der Waals surface area contributed by atoms with Crippen molar-refractivity contribution in [3.63, 3.8) is 0 Å². The van der Waals surface area contributed by atoms with Gasteiger partial charge in [-0.3, -0.25) is 4.90 Å². The van der Waals surface area contributed by atoms with Crippen LogP contribution in [0.5, 0.6) is 0 Å². The van der Waals surface area contributed by atoms with Gasteiger partial charge in [-0.2, -0.15) is 0 Å². The van der Waals surface area contributed by atoms with Crippen LogP contribution in [-0.4, -0.2) is 55.6 Å². The lowest BCUT2D eigenvalue weighted by molar-refractivity contribution is 0.0787. The third kappa shape index (κ3) is 3.15. The summed E-state index contributed by atoms with van der Waals surface area (Å²) in [6.07, 6.45) is 1.20. The smallest absolute Gasteiger partial charge is 0.0481 e. The molecule has 1 heterocycles. The van der Waals surface area contributed by atoms with Crippen molar-refractivity contribution in [1.82, 2.24) is 15.1 Å². The maximum Gasteiger partial charge on any atom is 0.0481 e. The zero-order valence-corrected chi connectivity index (χ0v) is 13.7. The Balaban J connectivity index is 1.64. The fraction of sp³-hybridized carbons (Fsp3) is 0.667. The van der Waals surface area contributed by atoms with Crippen molar-refractivity contribution in [2.24, 2.45) is 5.92 Å². The lowest BCUT2D eigenvalue weighted by atomic mass is 10.1. The first-order chi connectivity index (χ1) is 10.2. The number of piperazine rings is 1. The van der Waals surface area contributed by atoms with Gasteiger partial charge in [0.05, 0.1) is 0 Å². The minimum atomic E-state index is 0.498. The Morgan fingerprint density at radius 3 is 2.52 bits per heavy atom. The predicted molar refractivity (Wildman–Crippen MR) is 88.6 cm³/mol. The summed E-state index contributed by atoms with van der Waals surface area (Å²) in [4.78, 5) is 5.33. The number of hydrogen-bond acceptors (Lipinski definition) is 3. The molecule has 1 N–H and O–H groups in total. The van der Waals surface area contributed by atoms with Gasteiger partial charge in [-0.15, -0.1) is 0 Å². The molecule has 0 spiro atoms. The molecule has 3 rings (SSSR count). The fourth-order valence-corrected chi connectivity index (χ4v) is 4.06. The monoisotopic (exact) mass is 287 g/mol. The highest BCUT2D eigenvalue weighted by molar-refractivity contribution is 5.37. The Bertz CT molecular complexity index is 463. The summed E-state index contributed by atoms with van der Waals surface area (Å²) in [7, 11) is 2.11. The average Bonchev–Trinajstić information content (AvgIpc) is 2.86. The zero-order chi connectivity index (χ0) is 14.8. The topological polar surface area (TPSA) is 18.5 Å². The highest BCUT2D eigenvalue weighted by Crippen LogP contribution is 2.34. The van der Waals surface area contributed by atoms with Crippen molar-refractivity contribution in [3.8, 4) is 0 Å². The maximum atomic E-state index is 3.56. The summed E-state index contributed by atoms with van der Waals surface area (Å²) in [5.41, 5.74) is 3.04. The van der Waals surface area contributed by atoms with Crippen LogP contribution in [0.2, 0.25) is 0 Å². The normalized spacial score (nSPS) is 27.2. The number of rotatable bonds is 4. The van der Waals surface area contributed by atoms with Crippen molar-refractivity contribution in [1.29, 1.82) is 0 Å². The van der Waals surface area contributed by atoms with E-state index in [2.05, 4.69) is 60.3 Å². The molecule has 116 valence electrons. The number of nitrogens with zero attached hydrogens (tertiary/aromatic N) is 2. The van der Waals surface area contributed by atoms with E-state index in [0.29, 0.717) is 12.1 Å². The van der Waals surface area contributed by atoms with Crippen molar-refractivity contribution in [2.75, 3.05) is 39.8 Å². The molecule has 2 atom stereocenters. The van der Waals surface area contributed by atoms with E-state index in [0.717, 1.165) is 5.92 Å². The molecule has 1 fully saturated rings. The first-order valence-electron chi connectivity index (χ1n) is 8.40. The second-order valence-electron chi connectivity index (χ2n) is 6.97. The average molecular weight is 287 g/mol. The molecule has 3 nitrogen and oxygen atoms in total. The number of likely N-dealkylation sites (N-methyl/N-ethyl adjacent to an activating group) is 1. The fourth-order valence-electron chi connectivity index (χ4n) is 4.06. The van der Waals surface area contributed by atoms with Crippen molar-refractivity contribution >= 4 is 0 Å². The number of benzene rings is 1. The Kier molecular flexibility index (Phi) is 4.63. The van der Waals surface area contributed by atoms with Gasteiger partial charge in [0.2, 0.25) is 0 Å². The van der Waals surface area contributed by atoms with Gasteiger partial charge in [0.25, 0.3) is 0 Å². The molecular formula is C18H29N3. The molecule has 3 heteroatoms. The lowest BCUT2D eigenvalue weighted by Gasteiger charge is -2.40. The molecule has 0 saturated carbocycles. The van der Waals surface area contributed by atoms with E-state index in [1.54, 1.807) is 0 Å². The molecule has 1 aromatic carbocycles. The van der Waals surface area contributed by atoms with Gasteiger partial charge in [0.1, 0.15) is 0 Å². The number of hydrogen-bond donors (Lipinski definition) is 1. The van der Waals surface area contributed by atoms with Crippen LogP contribution in [-0.2, 0) is 6.42 Å². The Labute approximate surface area is 129 Å². The SMILES string of the molecule is CNC1c2ccccc2CC1N1CCN(CC(C)C)CC1. The second kappa shape index (κ2) is 6.47. The molecule has 1 aromatic rings. The highest BCUT2D eigenvalue weighted by Gasteiger charge is 2.36. The van der Waals surface area contributed by atoms with Crippen LogP contribution in [0, 0.1) is 5.92 Å². The molecule has 0 bridgehead atoms. The van der Waals surface area contributed by atoms with Crippen LogP contribution in [0.4, 0.5) is 0 Å². The summed E-state index contributed by atoms with van der Waals surface area (Å²) in [5, 5.41) is 3.56. The largest absolute Gasteiger partial charge is 0.312 e. The summed E-state index contributed by atoms with van der Waals surface area (Å²) in [5.74, 6) is 0.775. The summed E-state index contributed by atoms with van der Waals surface area (Å²) in [6, 6.07) is 10.1. The maximum absolute atomic E-state index is 3.56. The summed E-state index contributed by atoms with van der Waals surface area (Å²) < 4.78 is 0. The second-order valence-corrected chi connectivity index (χ2v) is 6.97. The Morgan fingerprint density at radius 1 is 1.14 bits per heavy atom. The zero-order valence-electron chi connectivity index (χ0n) is 13.7. The van der Waals surface area contributed by atoms with E-state index < -0.39 is 0 Å². The number of nitrogens with one attached hydrogen (secondary N) is 1. The van der Waals surface area contributed by atoms with Crippen LogP contribution in [0.1, 0.15) is 31.0 Å². The van der Waals surface area contributed by atoms with Gasteiger partial charge < -0.3 is 10.2 Å². The van der Waals surface area contributed by atoms with Crippen molar-refractivity contribution < 1.29 is 0 Å². The van der Waals surface area contributed by atoms with Gasteiger partial charge >= 0.3 is 0 Å². The minimum Gasteiger partial charge on any atom is -0.312 e. The van der Waals surface area contributed by atoms with E-state index in [1.165, 1.54) is 50.3 Å². The Morgan fingerprint density at radius 2 is 1.86 bits per heavy atom. The molecule has 1 aliphatic heterocycles. The van der Waals surface area contributed by atoms with E-state index in [9.17, 15) is 0 Å². The van der Waals surface area contributed by atoms with Gasteiger partial charge in [-0.1, -0.05) is 38.1 Å². The molecule has 2 unspecified atom stereocenters. The van der Waals surface area contributed by atoms with E-state index in [-0.39, 0.29) is 0 Å². The lowest BCUT2D eigenvalue weighted by Crippen LogP contribution is -2.53. The van der Waals surface area contributed by atoms with Crippen LogP contribution >= 0.6 is 0 Å². The van der Waals surface area contributed by atoms with Gasteiger partial charge in [0.15, 0.2) is 0 Å².